The first kappa shape index (κ1) is 13.1. The fourth-order valence-corrected chi connectivity index (χ4v) is 2.11. The van der Waals surface area contributed by atoms with Gasteiger partial charge in [0, 0.05) is 23.4 Å². The van der Waals surface area contributed by atoms with Crippen molar-refractivity contribution < 1.29 is 4.92 Å². The number of aryl methyl sites for hydroxylation is 1. The van der Waals surface area contributed by atoms with Gasteiger partial charge in [-0.15, -0.1) is 0 Å². The Balaban J connectivity index is 2.41. The third-order valence-electron chi connectivity index (χ3n) is 3.10. The summed E-state index contributed by atoms with van der Waals surface area (Å²) < 4.78 is 0. The molecule has 0 fully saturated rings. The number of nitrogens with two attached hydrogens (primary N) is 1. The standard InChI is InChI=1S/C15H16N2O2/c1-2-4-12-5-3-6-14(15(12)16)11-7-9-13(10-8-11)17(18)19/h3,5-10H,2,4,16H2,1H3. The zero-order valence-corrected chi connectivity index (χ0v) is 10.8. The second kappa shape index (κ2) is 5.52. The van der Waals surface area contributed by atoms with E-state index in [0.717, 1.165) is 35.2 Å². The van der Waals surface area contributed by atoms with Crippen molar-refractivity contribution in [1.82, 2.24) is 0 Å². The van der Waals surface area contributed by atoms with Crippen molar-refractivity contribution in [3.8, 4) is 11.1 Å². The summed E-state index contributed by atoms with van der Waals surface area (Å²) >= 11 is 0. The second-order valence-electron chi connectivity index (χ2n) is 4.43. The van der Waals surface area contributed by atoms with Crippen molar-refractivity contribution in [3.05, 3.63) is 58.1 Å². The van der Waals surface area contributed by atoms with E-state index in [2.05, 4.69) is 6.92 Å². The zero-order valence-electron chi connectivity index (χ0n) is 10.8. The van der Waals surface area contributed by atoms with Gasteiger partial charge in [-0.25, -0.2) is 0 Å². The minimum Gasteiger partial charge on any atom is -0.398 e. The molecule has 0 heterocycles. The molecule has 0 radical (unpaired) electrons. The lowest BCUT2D eigenvalue weighted by Gasteiger charge is -2.10. The number of benzene rings is 2. The Hall–Kier alpha value is -2.36. The SMILES string of the molecule is CCCc1cccc(-c2ccc([N+](=O)[O-])cc2)c1N. The minimum absolute atomic E-state index is 0.0898. The second-order valence-corrected chi connectivity index (χ2v) is 4.43. The van der Waals surface area contributed by atoms with Gasteiger partial charge in [-0.1, -0.05) is 31.5 Å². The Morgan fingerprint density at radius 1 is 1.16 bits per heavy atom. The molecule has 4 nitrogen and oxygen atoms in total. The van der Waals surface area contributed by atoms with Crippen LogP contribution in [0.15, 0.2) is 42.5 Å². The molecule has 0 aliphatic rings. The van der Waals surface area contributed by atoms with Crippen molar-refractivity contribution in [3.63, 3.8) is 0 Å². The van der Waals surface area contributed by atoms with Gasteiger partial charge in [0.2, 0.25) is 0 Å². The van der Waals surface area contributed by atoms with Gasteiger partial charge in [-0.2, -0.15) is 0 Å². The third-order valence-corrected chi connectivity index (χ3v) is 3.10. The first-order valence-corrected chi connectivity index (χ1v) is 6.25. The Labute approximate surface area is 112 Å². The van der Waals surface area contributed by atoms with Crippen molar-refractivity contribution in [1.29, 1.82) is 0 Å². The Morgan fingerprint density at radius 3 is 2.42 bits per heavy atom. The predicted molar refractivity (Wildman–Crippen MR) is 76.9 cm³/mol. The van der Waals surface area contributed by atoms with E-state index in [9.17, 15) is 10.1 Å². The zero-order chi connectivity index (χ0) is 13.8. The highest BCUT2D eigenvalue weighted by Crippen LogP contribution is 2.30. The lowest BCUT2D eigenvalue weighted by molar-refractivity contribution is -0.384. The molecule has 4 heteroatoms. The number of para-hydroxylation sites is 1. The summed E-state index contributed by atoms with van der Waals surface area (Å²) in [5.41, 5.74) is 9.98. The van der Waals surface area contributed by atoms with Crippen LogP contribution in [0, 0.1) is 10.1 Å². The summed E-state index contributed by atoms with van der Waals surface area (Å²) in [5.74, 6) is 0. The molecule has 0 aliphatic heterocycles. The van der Waals surface area contributed by atoms with Crippen LogP contribution in [0.1, 0.15) is 18.9 Å². The van der Waals surface area contributed by atoms with Crippen molar-refractivity contribution in [2.45, 2.75) is 19.8 Å². The molecule has 0 aromatic heterocycles. The van der Waals surface area contributed by atoms with E-state index in [1.807, 2.05) is 18.2 Å². The van der Waals surface area contributed by atoms with Crippen molar-refractivity contribution in [2.24, 2.45) is 0 Å². The molecule has 0 saturated carbocycles. The molecule has 0 bridgehead atoms. The van der Waals surface area contributed by atoms with Gasteiger partial charge in [-0.3, -0.25) is 10.1 Å². The maximum atomic E-state index is 10.6. The number of anilines is 1. The van der Waals surface area contributed by atoms with E-state index in [1.54, 1.807) is 12.1 Å². The molecule has 2 rings (SSSR count). The topological polar surface area (TPSA) is 69.2 Å². The van der Waals surface area contributed by atoms with Crippen LogP contribution in [0.5, 0.6) is 0 Å². The van der Waals surface area contributed by atoms with Gasteiger partial charge in [-0.05, 0) is 29.7 Å². The molecule has 0 aliphatic carbocycles. The van der Waals surface area contributed by atoms with Gasteiger partial charge >= 0.3 is 0 Å². The van der Waals surface area contributed by atoms with Crippen molar-refractivity contribution in [2.75, 3.05) is 5.73 Å². The highest BCUT2D eigenvalue weighted by molar-refractivity contribution is 5.79. The van der Waals surface area contributed by atoms with Crippen LogP contribution in [-0.2, 0) is 6.42 Å². The monoisotopic (exact) mass is 256 g/mol. The van der Waals surface area contributed by atoms with E-state index in [4.69, 9.17) is 5.73 Å². The number of rotatable bonds is 4. The van der Waals surface area contributed by atoms with Crippen LogP contribution in [-0.4, -0.2) is 4.92 Å². The van der Waals surface area contributed by atoms with E-state index >= 15 is 0 Å². The highest BCUT2D eigenvalue weighted by atomic mass is 16.6. The number of hydrogen-bond donors (Lipinski definition) is 1. The molecule has 19 heavy (non-hydrogen) atoms. The third kappa shape index (κ3) is 2.73. The fraction of sp³-hybridized carbons (Fsp3) is 0.200. The summed E-state index contributed by atoms with van der Waals surface area (Å²) in [6.07, 6.45) is 1.97. The quantitative estimate of drug-likeness (QED) is 0.514. The van der Waals surface area contributed by atoms with Gasteiger partial charge in [0.05, 0.1) is 4.92 Å². The first-order valence-electron chi connectivity index (χ1n) is 6.25. The summed E-state index contributed by atoms with van der Waals surface area (Å²) in [4.78, 5) is 10.2. The lowest BCUT2D eigenvalue weighted by atomic mass is 9.98. The first-order chi connectivity index (χ1) is 9.13. The molecule has 0 atom stereocenters. The lowest BCUT2D eigenvalue weighted by Crippen LogP contribution is -1.97. The number of nitro benzene ring substituents is 1. The minimum atomic E-state index is -0.402. The molecular formula is C15H16N2O2. The van der Waals surface area contributed by atoms with E-state index in [0.29, 0.717) is 0 Å². The smallest absolute Gasteiger partial charge is 0.269 e. The van der Waals surface area contributed by atoms with Crippen LogP contribution >= 0.6 is 0 Å². The predicted octanol–water partition coefficient (Wildman–Crippen LogP) is 3.80. The Bertz CT molecular complexity index is 592. The fourth-order valence-electron chi connectivity index (χ4n) is 2.11. The van der Waals surface area contributed by atoms with Crippen LogP contribution in [0.4, 0.5) is 11.4 Å². The van der Waals surface area contributed by atoms with Gasteiger partial charge in [0.15, 0.2) is 0 Å². The number of nitrogens with zero attached hydrogens (tertiary/aromatic N) is 1. The maximum Gasteiger partial charge on any atom is 0.269 e. The highest BCUT2D eigenvalue weighted by Gasteiger charge is 2.09. The molecule has 2 aromatic rings. The number of hydrogen-bond acceptors (Lipinski definition) is 3. The molecule has 0 saturated heterocycles. The molecule has 0 spiro atoms. The normalized spacial score (nSPS) is 10.4. The molecule has 0 amide bonds. The number of non-ortho nitro benzene ring substituents is 1. The largest absolute Gasteiger partial charge is 0.398 e. The van der Waals surface area contributed by atoms with E-state index in [1.165, 1.54) is 12.1 Å². The average molecular weight is 256 g/mol. The Kier molecular flexibility index (Phi) is 3.80. The van der Waals surface area contributed by atoms with Crippen LogP contribution < -0.4 is 5.73 Å². The van der Waals surface area contributed by atoms with Crippen LogP contribution in [0.2, 0.25) is 0 Å². The number of nitro groups is 1. The molecule has 2 aromatic carbocycles. The maximum absolute atomic E-state index is 10.6. The van der Waals surface area contributed by atoms with Crippen LogP contribution in [0.25, 0.3) is 11.1 Å². The average Bonchev–Trinajstić information content (AvgIpc) is 2.41. The van der Waals surface area contributed by atoms with E-state index < -0.39 is 4.92 Å². The summed E-state index contributed by atoms with van der Waals surface area (Å²) in [6.45, 7) is 2.11. The summed E-state index contributed by atoms with van der Waals surface area (Å²) in [7, 11) is 0. The molecule has 98 valence electrons. The molecule has 0 unspecified atom stereocenters. The van der Waals surface area contributed by atoms with Crippen molar-refractivity contribution >= 4 is 11.4 Å². The number of nitrogen functional groups attached to an aromatic ring is 1. The summed E-state index contributed by atoms with van der Waals surface area (Å²) in [5, 5.41) is 10.6. The van der Waals surface area contributed by atoms with Gasteiger partial charge in [0.25, 0.3) is 5.69 Å². The molecular weight excluding hydrogens is 240 g/mol. The Morgan fingerprint density at radius 2 is 1.84 bits per heavy atom. The van der Waals surface area contributed by atoms with Gasteiger partial charge in [0.1, 0.15) is 0 Å². The van der Waals surface area contributed by atoms with E-state index in [-0.39, 0.29) is 5.69 Å². The molecule has 2 N–H and O–H groups in total. The van der Waals surface area contributed by atoms with Crippen LogP contribution in [0.3, 0.4) is 0 Å². The van der Waals surface area contributed by atoms with Gasteiger partial charge < -0.3 is 5.73 Å². The summed E-state index contributed by atoms with van der Waals surface area (Å²) in [6, 6.07) is 12.4.